The van der Waals surface area contributed by atoms with Crippen LogP contribution < -0.4 is 5.32 Å². The number of nitrogens with zero attached hydrogens (tertiary/aromatic N) is 3. The van der Waals surface area contributed by atoms with Gasteiger partial charge in [0.15, 0.2) is 0 Å². The maximum Gasteiger partial charge on any atom is 0.269 e. The number of benzene rings is 1. The molecule has 0 aliphatic carbocycles. The molecule has 130 valence electrons. The minimum atomic E-state index is -0.217. The van der Waals surface area contributed by atoms with Crippen LogP contribution in [-0.2, 0) is 7.05 Å². The van der Waals surface area contributed by atoms with Crippen LogP contribution in [0.5, 0.6) is 0 Å². The maximum atomic E-state index is 12.5. The Balaban J connectivity index is 1.79. The molecule has 0 saturated heterocycles. The predicted octanol–water partition coefficient (Wildman–Crippen LogP) is 3.57. The monoisotopic (exact) mass is 357 g/mol. The van der Waals surface area contributed by atoms with E-state index in [9.17, 15) is 4.79 Å². The molecule has 0 radical (unpaired) electrons. The van der Waals surface area contributed by atoms with Gasteiger partial charge in [-0.2, -0.15) is 10.2 Å². The van der Waals surface area contributed by atoms with E-state index >= 15 is 0 Å². The molecule has 6 nitrogen and oxygen atoms in total. The molecule has 3 aromatic rings. The summed E-state index contributed by atoms with van der Waals surface area (Å²) in [6.45, 7) is 5.82. The van der Waals surface area contributed by atoms with E-state index in [1.807, 2.05) is 46.0 Å². The van der Waals surface area contributed by atoms with Gasteiger partial charge in [0.05, 0.1) is 17.4 Å². The smallest absolute Gasteiger partial charge is 0.269 e. The summed E-state index contributed by atoms with van der Waals surface area (Å²) in [6, 6.07) is 9.02. The molecule has 2 heterocycles. The van der Waals surface area contributed by atoms with Crippen LogP contribution in [0.15, 0.2) is 30.3 Å². The fourth-order valence-electron chi connectivity index (χ4n) is 2.84. The second-order valence-electron chi connectivity index (χ2n) is 6.09. The topological polar surface area (TPSA) is 75.6 Å². The molecule has 1 aromatic carbocycles. The van der Waals surface area contributed by atoms with Crippen molar-refractivity contribution in [2.24, 2.45) is 7.05 Å². The van der Waals surface area contributed by atoms with Crippen LogP contribution in [-0.4, -0.2) is 25.9 Å². The lowest BCUT2D eigenvalue weighted by Gasteiger charge is -2.13. The van der Waals surface area contributed by atoms with E-state index in [0.29, 0.717) is 16.4 Å². The minimum absolute atomic E-state index is 0.167. The van der Waals surface area contributed by atoms with Crippen molar-refractivity contribution >= 4 is 17.5 Å². The van der Waals surface area contributed by atoms with Crippen LogP contribution in [0.2, 0.25) is 5.02 Å². The highest BCUT2D eigenvalue weighted by Gasteiger charge is 2.18. The summed E-state index contributed by atoms with van der Waals surface area (Å²) < 4.78 is 1.81. The fourth-order valence-corrected chi connectivity index (χ4v) is 3.04. The summed E-state index contributed by atoms with van der Waals surface area (Å²) >= 11 is 6.01. The molecule has 2 aromatic heterocycles. The number of H-pyrrole nitrogens is 1. The molecule has 7 heteroatoms. The highest BCUT2D eigenvalue weighted by atomic mass is 35.5. The van der Waals surface area contributed by atoms with E-state index in [1.165, 1.54) is 0 Å². The minimum Gasteiger partial charge on any atom is -0.344 e. The summed E-state index contributed by atoms with van der Waals surface area (Å²) in [4.78, 5) is 12.5. The van der Waals surface area contributed by atoms with Crippen LogP contribution >= 0.6 is 11.6 Å². The van der Waals surface area contributed by atoms with Gasteiger partial charge >= 0.3 is 0 Å². The van der Waals surface area contributed by atoms with Crippen LogP contribution in [0.3, 0.4) is 0 Å². The average Bonchev–Trinajstić information content (AvgIpc) is 3.13. The summed E-state index contributed by atoms with van der Waals surface area (Å²) in [5.41, 5.74) is 4.89. The molecule has 0 aliphatic rings. The van der Waals surface area contributed by atoms with Gasteiger partial charge < -0.3 is 5.32 Å². The van der Waals surface area contributed by atoms with E-state index in [0.717, 1.165) is 22.5 Å². The Morgan fingerprint density at radius 1 is 1.32 bits per heavy atom. The van der Waals surface area contributed by atoms with Crippen molar-refractivity contribution in [3.63, 3.8) is 0 Å². The van der Waals surface area contributed by atoms with Crippen LogP contribution in [0.4, 0.5) is 0 Å². The Morgan fingerprint density at radius 2 is 2.08 bits per heavy atom. The average molecular weight is 358 g/mol. The zero-order chi connectivity index (χ0) is 18.1. The van der Waals surface area contributed by atoms with E-state index in [-0.39, 0.29) is 11.9 Å². The second-order valence-corrected chi connectivity index (χ2v) is 6.52. The van der Waals surface area contributed by atoms with Gasteiger partial charge in [-0.15, -0.1) is 0 Å². The van der Waals surface area contributed by atoms with Gasteiger partial charge in [-0.25, -0.2) is 0 Å². The summed E-state index contributed by atoms with van der Waals surface area (Å²) in [7, 11) is 1.89. The molecule has 2 N–H and O–H groups in total. The summed E-state index contributed by atoms with van der Waals surface area (Å²) in [6.07, 6.45) is 0. The van der Waals surface area contributed by atoms with Crippen molar-refractivity contribution in [3.05, 3.63) is 58.0 Å². The van der Waals surface area contributed by atoms with Crippen LogP contribution in [0, 0.1) is 13.8 Å². The third-order valence-corrected chi connectivity index (χ3v) is 4.52. The Morgan fingerprint density at radius 3 is 2.72 bits per heavy atom. The molecular weight excluding hydrogens is 338 g/mol. The van der Waals surface area contributed by atoms with Gasteiger partial charge in [-0.3, -0.25) is 14.6 Å². The van der Waals surface area contributed by atoms with E-state index in [1.54, 1.807) is 16.8 Å². The summed E-state index contributed by atoms with van der Waals surface area (Å²) in [5, 5.41) is 15.1. The first kappa shape index (κ1) is 17.2. The van der Waals surface area contributed by atoms with Crippen LogP contribution in [0.25, 0.3) is 11.3 Å². The van der Waals surface area contributed by atoms with Crippen molar-refractivity contribution in [2.45, 2.75) is 26.8 Å². The lowest BCUT2D eigenvalue weighted by molar-refractivity contribution is 0.0935. The molecule has 0 fully saturated rings. The largest absolute Gasteiger partial charge is 0.344 e. The zero-order valence-electron chi connectivity index (χ0n) is 14.6. The number of carbonyl (C=O) groups excluding carboxylic acids is 1. The molecular formula is C18H20ClN5O. The molecule has 3 rings (SSSR count). The molecule has 25 heavy (non-hydrogen) atoms. The van der Waals surface area contributed by atoms with Crippen molar-refractivity contribution in [3.8, 4) is 11.3 Å². The lowest BCUT2D eigenvalue weighted by Crippen LogP contribution is -2.26. The molecule has 0 saturated carbocycles. The summed E-state index contributed by atoms with van der Waals surface area (Å²) in [5.74, 6) is -0.217. The first-order chi connectivity index (χ1) is 11.9. The number of aryl methyl sites for hydroxylation is 2. The van der Waals surface area contributed by atoms with Crippen LogP contribution in [0.1, 0.15) is 40.4 Å². The van der Waals surface area contributed by atoms with Crippen molar-refractivity contribution in [2.75, 3.05) is 0 Å². The first-order valence-corrected chi connectivity index (χ1v) is 8.37. The lowest BCUT2D eigenvalue weighted by atomic mass is 10.1. The quantitative estimate of drug-likeness (QED) is 0.749. The van der Waals surface area contributed by atoms with E-state index in [2.05, 4.69) is 20.6 Å². The second kappa shape index (κ2) is 6.72. The number of carbonyl (C=O) groups is 1. The standard InChI is InChI=1S/C18H20ClN5O/c1-10(13-6-5-7-14(19)8-13)20-18(25)16-9-15(21-22-16)17-11(2)23-24(4)12(17)3/h5-10H,1-4H3,(H,20,25)(H,21,22). The van der Waals surface area contributed by atoms with Gasteiger partial charge in [0.1, 0.15) is 5.69 Å². The van der Waals surface area contributed by atoms with E-state index in [4.69, 9.17) is 11.6 Å². The number of aromatic amines is 1. The Hall–Kier alpha value is -2.60. The Bertz CT molecular complexity index is 927. The number of aromatic nitrogens is 4. The number of nitrogens with one attached hydrogen (secondary N) is 2. The number of hydrogen-bond acceptors (Lipinski definition) is 3. The normalized spacial score (nSPS) is 12.2. The number of halogens is 1. The SMILES string of the molecule is Cc1nn(C)c(C)c1-c1cc(C(=O)NC(C)c2cccc(Cl)c2)[nH]n1. The molecule has 0 spiro atoms. The number of rotatable bonds is 4. The van der Waals surface area contributed by atoms with Gasteiger partial charge in [0, 0.05) is 23.3 Å². The third kappa shape index (κ3) is 3.44. The fraction of sp³-hybridized carbons (Fsp3) is 0.278. The Kier molecular flexibility index (Phi) is 4.63. The van der Waals surface area contributed by atoms with Gasteiger partial charge in [-0.1, -0.05) is 23.7 Å². The molecule has 0 bridgehead atoms. The first-order valence-electron chi connectivity index (χ1n) is 7.99. The highest BCUT2D eigenvalue weighted by Crippen LogP contribution is 2.25. The molecule has 1 atom stereocenters. The third-order valence-electron chi connectivity index (χ3n) is 4.28. The van der Waals surface area contributed by atoms with Gasteiger partial charge in [0.2, 0.25) is 0 Å². The number of hydrogen-bond donors (Lipinski definition) is 2. The molecule has 1 amide bonds. The molecule has 0 aliphatic heterocycles. The van der Waals surface area contributed by atoms with E-state index < -0.39 is 0 Å². The zero-order valence-corrected chi connectivity index (χ0v) is 15.3. The van der Waals surface area contributed by atoms with Gasteiger partial charge in [-0.05, 0) is 44.5 Å². The van der Waals surface area contributed by atoms with Crippen molar-refractivity contribution in [1.29, 1.82) is 0 Å². The predicted molar refractivity (Wildman–Crippen MR) is 97.6 cm³/mol. The highest BCUT2D eigenvalue weighted by molar-refractivity contribution is 6.30. The van der Waals surface area contributed by atoms with Crippen molar-refractivity contribution < 1.29 is 4.79 Å². The van der Waals surface area contributed by atoms with Crippen molar-refractivity contribution in [1.82, 2.24) is 25.3 Å². The Labute approximate surface area is 151 Å². The number of amides is 1. The maximum absolute atomic E-state index is 12.5. The molecule has 1 unspecified atom stereocenters. The van der Waals surface area contributed by atoms with Gasteiger partial charge in [0.25, 0.3) is 5.91 Å².